The van der Waals surface area contributed by atoms with Crippen molar-refractivity contribution in [1.29, 1.82) is 5.26 Å². The summed E-state index contributed by atoms with van der Waals surface area (Å²) < 4.78 is 10.2. The standard InChI is InChI=1S/C24H25N3O5S/c1-24(2,3)32-23(30)26-18-14-33-20-10-9-17(22(29)31-4)11-19(20)27(21(18)28)13-16-7-5-15(12-25)6-8-16/h5-11,18H,13-14H2,1-4H3,(H,26,30)/t18-/m0/s1. The van der Waals surface area contributed by atoms with Crippen molar-refractivity contribution in [2.75, 3.05) is 17.8 Å². The Morgan fingerprint density at radius 3 is 2.52 bits per heavy atom. The molecule has 8 nitrogen and oxygen atoms in total. The molecule has 0 spiro atoms. The number of ether oxygens (including phenoxy) is 2. The Morgan fingerprint density at radius 2 is 1.91 bits per heavy atom. The highest BCUT2D eigenvalue weighted by Gasteiger charge is 2.33. The number of carbonyl (C=O) groups excluding carboxylic acids is 3. The molecule has 1 N–H and O–H groups in total. The van der Waals surface area contributed by atoms with Crippen molar-refractivity contribution in [2.45, 2.75) is 43.9 Å². The van der Waals surface area contributed by atoms with Gasteiger partial charge in [0.1, 0.15) is 11.6 Å². The molecule has 2 aromatic rings. The van der Waals surface area contributed by atoms with E-state index in [2.05, 4.69) is 11.4 Å². The molecule has 1 aliphatic rings. The summed E-state index contributed by atoms with van der Waals surface area (Å²) in [7, 11) is 1.29. The van der Waals surface area contributed by atoms with Gasteiger partial charge in [-0.1, -0.05) is 12.1 Å². The van der Waals surface area contributed by atoms with Crippen LogP contribution in [0.5, 0.6) is 0 Å². The van der Waals surface area contributed by atoms with Crippen LogP contribution >= 0.6 is 11.8 Å². The third-order valence-electron chi connectivity index (χ3n) is 4.76. The van der Waals surface area contributed by atoms with Crippen LogP contribution in [0.3, 0.4) is 0 Å². The third-order valence-corrected chi connectivity index (χ3v) is 5.91. The summed E-state index contributed by atoms with van der Waals surface area (Å²) in [5.41, 5.74) is 1.46. The summed E-state index contributed by atoms with van der Waals surface area (Å²) in [6.07, 6.45) is -0.680. The number of amides is 2. The number of carbonyl (C=O) groups is 3. The molecule has 2 aromatic carbocycles. The summed E-state index contributed by atoms with van der Waals surface area (Å²) in [6, 6.07) is 13.1. The van der Waals surface area contributed by atoms with E-state index in [4.69, 9.17) is 14.7 Å². The van der Waals surface area contributed by atoms with Gasteiger partial charge in [-0.2, -0.15) is 5.26 Å². The average molecular weight is 468 g/mol. The number of nitriles is 1. The van der Waals surface area contributed by atoms with Crippen LogP contribution in [0.4, 0.5) is 10.5 Å². The zero-order chi connectivity index (χ0) is 24.2. The topological polar surface area (TPSA) is 109 Å². The second-order valence-corrected chi connectivity index (χ2v) is 9.48. The number of methoxy groups -OCH3 is 1. The molecule has 3 rings (SSSR count). The molecule has 1 atom stereocenters. The summed E-state index contributed by atoms with van der Waals surface area (Å²) in [4.78, 5) is 40.4. The maximum Gasteiger partial charge on any atom is 0.408 e. The predicted molar refractivity (Wildman–Crippen MR) is 124 cm³/mol. The number of nitrogens with one attached hydrogen (secondary N) is 1. The zero-order valence-electron chi connectivity index (χ0n) is 18.9. The van der Waals surface area contributed by atoms with Crippen LogP contribution in [0.25, 0.3) is 0 Å². The molecular weight excluding hydrogens is 442 g/mol. The first-order valence-electron chi connectivity index (χ1n) is 10.3. The molecule has 1 aliphatic heterocycles. The minimum atomic E-state index is -0.836. The number of esters is 1. The van der Waals surface area contributed by atoms with Crippen LogP contribution in [0.2, 0.25) is 0 Å². The van der Waals surface area contributed by atoms with Crippen LogP contribution < -0.4 is 10.2 Å². The molecule has 2 amide bonds. The van der Waals surface area contributed by atoms with E-state index in [1.807, 2.05) is 0 Å². The molecule has 0 unspecified atom stereocenters. The fraction of sp³-hybridized carbons (Fsp3) is 0.333. The zero-order valence-corrected chi connectivity index (χ0v) is 19.7. The monoisotopic (exact) mass is 467 g/mol. The van der Waals surface area contributed by atoms with Crippen molar-refractivity contribution < 1.29 is 23.9 Å². The number of hydrogen-bond acceptors (Lipinski definition) is 7. The molecule has 9 heteroatoms. The third kappa shape index (κ3) is 6.05. The molecule has 0 aliphatic carbocycles. The molecule has 0 bridgehead atoms. The molecule has 0 fully saturated rings. The number of alkyl carbamates (subject to hydrolysis) is 1. The summed E-state index contributed by atoms with van der Waals surface area (Å²) in [5, 5.41) is 11.7. The van der Waals surface area contributed by atoms with Gasteiger partial charge in [0, 0.05) is 10.6 Å². The Balaban J connectivity index is 1.97. The Bertz CT molecular complexity index is 1100. The van der Waals surface area contributed by atoms with Gasteiger partial charge in [0.2, 0.25) is 0 Å². The second kappa shape index (κ2) is 9.96. The Kier molecular flexibility index (Phi) is 7.29. The SMILES string of the molecule is COC(=O)c1ccc2c(c1)N(Cc1ccc(C#N)cc1)C(=O)[C@@H](NC(=O)OC(C)(C)C)CS2. The minimum Gasteiger partial charge on any atom is -0.465 e. The summed E-state index contributed by atoms with van der Waals surface area (Å²) in [6.45, 7) is 5.43. The van der Waals surface area contributed by atoms with Gasteiger partial charge in [-0.05, 0) is 56.7 Å². The highest BCUT2D eigenvalue weighted by molar-refractivity contribution is 7.99. The highest BCUT2D eigenvalue weighted by atomic mass is 32.2. The van der Waals surface area contributed by atoms with Gasteiger partial charge in [-0.25, -0.2) is 9.59 Å². The van der Waals surface area contributed by atoms with Gasteiger partial charge in [-0.3, -0.25) is 4.79 Å². The second-order valence-electron chi connectivity index (χ2n) is 8.42. The lowest BCUT2D eigenvalue weighted by atomic mass is 10.1. The summed E-state index contributed by atoms with van der Waals surface area (Å²) in [5.74, 6) is -0.549. The van der Waals surface area contributed by atoms with Crippen LogP contribution in [0.1, 0.15) is 42.3 Å². The quantitative estimate of drug-likeness (QED) is 0.680. The molecule has 0 radical (unpaired) electrons. The van der Waals surface area contributed by atoms with Crippen molar-refractivity contribution in [3.05, 3.63) is 59.2 Å². The van der Waals surface area contributed by atoms with Crippen molar-refractivity contribution in [3.63, 3.8) is 0 Å². The number of fused-ring (bicyclic) bond motifs is 1. The van der Waals surface area contributed by atoms with E-state index in [0.29, 0.717) is 22.6 Å². The average Bonchev–Trinajstić information content (AvgIpc) is 2.89. The molecule has 1 heterocycles. The van der Waals surface area contributed by atoms with E-state index in [9.17, 15) is 14.4 Å². The van der Waals surface area contributed by atoms with Gasteiger partial charge in [0.15, 0.2) is 0 Å². The smallest absolute Gasteiger partial charge is 0.408 e. The van der Waals surface area contributed by atoms with E-state index in [1.54, 1.807) is 63.2 Å². The fourth-order valence-corrected chi connectivity index (χ4v) is 4.28. The van der Waals surface area contributed by atoms with Crippen LogP contribution in [0, 0.1) is 11.3 Å². The van der Waals surface area contributed by atoms with E-state index >= 15 is 0 Å². The lowest BCUT2D eigenvalue weighted by Gasteiger charge is -2.27. The maximum atomic E-state index is 13.6. The number of nitrogens with zero attached hydrogens (tertiary/aromatic N) is 2. The number of hydrogen-bond donors (Lipinski definition) is 1. The lowest BCUT2D eigenvalue weighted by Crippen LogP contribution is -2.50. The molecule has 0 aromatic heterocycles. The number of thioether (sulfide) groups is 1. The van der Waals surface area contributed by atoms with Crippen LogP contribution in [-0.4, -0.2) is 42.5 Å². The van der Waals surface area contributed by atoms with E-state index in [0.717, 1.165) is 10.5 Å². The van der Waals surface area contributed by atoms with Crippen LogP contribution in [-0.2, 0) is 20.8 Å². The molecular formula is C24H25N3O5S. The lowest BCUT2D eigenvalue weighted by molar-refractivity contribution is -0.120. The molecule has 0 saturated heterocycles. The van der Waals surface area contributed by atoms with Gasteiger partial charge in [0.05, 0.1) is 36.5 Å². The van der Waals surface area contributed by atoms with E-state index < -0.39 is 23.7 Å². The van der Waals surface area contributed by atoms with Gasteiger partial charge in [-0.15, -0.1) is 11.8 Å². The van der Waals surface area contributed by atoms with Crippen molar-refractivity contribution in [2.24, 2.45) is 0 Å². The van der Waals surface area contributed by atoms with E-state index in [1.165, 1.54) is 23.8 Å². The fourth-order valence-electron chi connectivity index (χ4n) is 3.23. The van der Waals surface area contributed by atoms with E-state index in [-0.39, 0.29) is 12.5 Å². The van der Waals surface area contributed by atoms with Crippen molar-refractivity contribution >= 4 is 35.4 Å². The normalized spacial score (nSPS) is 15.7. The minimum absolute atomic E-state index is 0.190. The number of benzene rings is 2. The number of anilines is 1. The Hall–Kier alpha value is -3.51. The summed E-state index contributed by atoms with van der Waals surface area (Å²) >= 11 is 1.40. The number of rotatable bonds is 4. The Labute approximate surface area is 196 Å². The highest BCUT2D eigenvalue weighted by Crippen LogP contribution is 2.36. The maximum absolute atomic E-state index is 13.6. The Morgan fingerprint density at radius 1 is 1.21 bits per heavy atom. The predicted octanol–water partition coefficient (Wildman–Crippen LogP) is 3.88. The molecule has 172 valence electrons. The molecule has 0 saturated carbocycles. The largest absolute Gasteiger partial charge is 0.465 e. The van der Waals surface area contributed by atoms with Gasteiger partial charge >= 0.3 is 12.1 Å². The van der Waals surface area contributed by atoms with Crippen molar-refractivity contribution in [3.8, 4) is 6.07 Å². The van der Waals surface area contributed by atoms with Gasteiger partial charge in [0.25, 0.3) is 5.91 Å². The van der Waals surface area contributed by atoms with Crippen molar-refractivity contribution in [1.82, 2.24) is 5.32 Å². The van der Waals surface area contributed by atoms with Gasteiger partial charge < -0.3 is 19.7 Å². The molecule has 33 heavy (non-hydrogen) atoms. The van der Waals surface area contributed by atoms with Crippen LogP contribution in [0.15, 0.2) is 47.4 Å². The first kappa shape index (κ1) is 24.1. The first-order chi connectivity index (χ1) is 15.6. The first-order valence-corrected chi connectivity index (χ1v) is 11.2.